The molecule has 1 heterocycles. The minimum Gasteiger partial charge on any atom is -0.477 e. The molecular weight excluding hydrogens is 326 g/mol. The highest BCUT2D eigenvalue weighted by atomic mass is 32.1. The molecule has 132 valence electrons. The number of nitrogens with zero attached hydrogens (tertiary/aromatic N) is 1. The van der Waals surface area contributed by atoms with Gasteiger partial charge in [0.15, 0.2) is 0 Å². The van der Waals surface area contributed by atoms with Gasteiger partial charge in [0, 0.05) is 18.0 Å². The first-order valence-corrected chi connectivity index (χ1v) is 9.32. The normalized spacial score (nSPS) is 20.4. The first-order chi connectivity index (χ1) is 11.2. The number of rotatable bonds is 3. The lowest BCUT2D eigenvalue weighted by atomic mass is 9.87. The maximum Gasteiger partial charge on any atom is 0.410 e. The van der Waals surface area contributed by atoms with Crippen LogP contribution in [0.4, 0.5) is 4.79 Å². The van der Waals surface area contributed by atoms with Gasteiger partial charge in [-0.05, 0) is 69.9 Å². The minimum absolute atomic E-state index is 0.0705. The van der Waals surface area contributed by atoms with E-state index in [-0.39, 0.29) is 12.1 Å². The second kappa shape index (κ2) is 6.06. The lowest BCUT2D eigenvalue weighted by Gasteiger charge is -2.33. The van der Waals surface area contributed by atoms with Gasteiger partial charge in [-0.2, -0.15) is 0 Å². The summed E-state index contributed by atoms with van der Waals surface area (Å²) in [4.78, 5) is 27.3. The molecule has 0 saturated heterocycles. The summed E-state index contributed by atoms with van der Waals surface area (Å²) in [6.45, 7) is 5.59. The van der Waals surface area contributed by atoms with Crippen LogP contribution in [-0.4, -0.2) is 40.8 Å². The smallest absolute Gasteiger partial charge is 0.410 e. The van der Waals surface area contributed by atoms with Gasteiger partial charge in [-0.3, -0.25) is 0 Å². The maximum atomic E-state index is 12.3. The molecule has 1 atom stereocenters. The van der Waals surface area contributed by atoms with Crippen LogP contribution in [0.15, 0.2) is 0 Å². The lowest BCUT2D eigenvalue weighted by molar-refractivity contribution is 0.0209. The summed E-state index contributed by atoms with van der Waals surface area (Å²) in [6, 6.07) is 0.0705. The molecule has 1 aromatic heterocycles. The van der Waals surface area contributed by atoms with Crippen LogP contribution in [0.2, 0.25) is 0 Å². The van der Waals surface area contributed by atoms with Crippen molar-refractivity contribution in [1.29, 1.82) is 0 Å². The molecule has 1 saturated carbocycles. The van der Waals surface area contributed by atoms with Crippen LogP contribution in [0, 0.1) is 0 Å². The first kappa shape index (κ1) is 17.3. The number of likely N-dealkylation sites (N-methyl/N-ethyl adjacent to an activating group) is 1. The monoisotopic (exact) mass is 351 g/mol. The van der Waals surface area contributed by atoms with Crippen molar-refractivity contribution in [2.75, 3.05) is 7.05 Å². The fourth-order valence-electron chi connectivity index (χ4n) is 3.32. The summed E-state index contributed by atoms with van der Waals surface area (Å²) >= 11 is 1.45. The number of fused-ring (bicyclic) bond motifs is 1. The van der Waals surface area contributed by atoms with Crippen LogP contribution in [-0.2, 0) is 17.6 Å². The molecule has 3 rings (SSSR count). The Morgan fingerprint density at radius 1 is 1.21 bits per heavy atom. The summed E-state index contributed by atoms with van der Waals surface area (Å²) in [6.07, 6.45) is 4.23. The largest absolute Gasteiger partial charge is 0.477 e. The van der Waals surface area contributed by atoms with Crippen LogP contribution < -0.4 is 0 Å². The molecule has 1 N–H and O–H groups in total. The van der Waals surface area contributed by atoms with E-state index in [0.29, 0.717) is 10.8 Å². The Kier molecular flexibility index (Phi) is 4.36. The van der Waals surface area contributed by atoms with E-state index in [4.69, 9.17) is 4.74 Å². The topological polar surface area (TPSA) is 66.8 Å². The van der Waals surface area contributed by atoms with E-state index in [9.17, 15) is 14.7 Å². The van der Waals surface area contributed by atoms with Gasteiger partial charge in [0.1, 0.15) is 10.5 Å². The Morgan fingerprint density at radius 3 is 2.42 bits per heavy atom. The molecule has 0 aromatic carbocycles. The quantitative estimate of drug-likeness (QED) is 0.892. The summed E-state index contributed by atoms with van der Waals surface area (Å²) in [5.41, 5.74) is 1.68. The Hall–Kier alpha value is -1.56. The highest BCUT2D eigenvalue weighted by molar-refractivity contribution is 7.14. The molecule has 5 nitrogen and oxygen atoms in total. The minimum atomic E-state index is -0.818. The van der Waals surface area contributed by atoms with E-state index in [0.717, 1.165) is 37.7 Å². The van der Waals surface area contributed by atoms with E-state index in [1.54, 1.807) is 11.9 Å². The summed E-state index contributed by atoms with van der Waals surface area (Å²) in [5.74, 6) is -0.287. The van der Waals surface area contributed by atoms with Crippen LogP contribution in [0.25, 0.3) is 0 Å². The van der Waals surface area contributed by atoms with Crippen molar-refractivity contribution in [2.24, 2.45) is 0 Å². The highest BCUT2D eigenvalue weighted by Crippen LogP contribution is 2.49. The fraction of sp³-hybridized carbons (Fsp3) is 0.667. The lowest BCUT2D eigenvalue weighted by Crippen LogP contribution is -2.43. The third-order valence-electron chi connectivity index (χ3n) is 4.69. The molecule has 0 radical (unpaired) electrons. The van der Waals surface area contributed by atoms with Gasteiger partial charge in [0.25, 0.3) is 0 Å². The number of carboxylic acid groups (broad SMARTS) is 1. The molecule has 1 fully saturated rings. The van der Waals surface area contributed by atoms with E-state index in [2.05, 4.69) is 0 Å². The molecule has 2 aliphatic carbocycles. The predicted octanol–water partition coefficient (Wildman–Crippen LogP) is 4.05. The van der Waals surface area contributed by atoms with Crippen molar-refractivity contribution in [3.05, 3.63) is 20.9 Å². The van der Waals surface area contributed by atoms with Crippen molar-refractivity contribution in [1.82, 2.24) is 4.90 Å². The van der Waals surface area contributed by atoms with E-state index < -0.39 is 11.6 Å². The number of thiophene rings is 1. The number of carbonyl (C=O) groups excluding carboxylic acids is 1. The van der Waals surface area contributed by atoms with E-state index in [1.165, 1.54) is 21.8 Å². The van der Waals surface area contributed by atoms with Crippen LogP contribution in [0.1, 0.15) is 71.6 Å². The zero-order valence-electron chi connectivity index (χ0n) is 14.7. The van der Waals surface area contributed by atoms with Crippen molar-refractivity contribution in [3.63, 3.8) is 0 Å². The Morgan fingerprint density at radius 2 is 1.88 bits per heavy atom. The first-order valence-electron chi connectivity index (χ1n) is 8.51. The number of aromatic carboxylic acids is 1. The van der Waals surface area contributed by atoms with Crippen LogP contribution >= 0.6 is 11.3 Å². The molecule has 6 heteroatoms. The van der Waals surface area contributed by atoms with Gasteiger partial charge in [-0.25, -0.2) is 9.59 Å². The average Bonchev–Trinajstić information content (AvgIpc) is 3.24. The maximum absolute atomic E-state index is 12.3. The summed E-state index contributed by atoms with van der Waals surface area (Å²) in [5, 5.41) is 9.47. The summed E-state index contributed by atoms with van der Waals surface area (Å²) in [7, 11) is 1.78. The van der Waals surface area contributed by atoms with Crippen LogP contribution in [0.5, 0.6) is 0 Å². The molecule has 1 amide bonds. The number of hydrogen-bond acceptors (Lipinski definition) is 4. The van der Waals surface area contributed by atoms with E-state index >= 15 is 0 Å². The van der Waals surface area contributed by atoms with Crippen molar-refractivity contribution >= 4 is 23.4 Å². The van der Waals surface area contributed by atoms with Crippen molar-refractivity contribution < 1.29 is 19.4 Å². The number of carbonyl (C=O) groups is 2. The molecule has 24 heavy (non-hydrogen) atoms. The second-order valence-corrected chi connectivity index (χ2v) is 8.87. The SMILES string of the molecule is CN(C(=O)OC(C)(C)C)C1CCc2c(C(=O)O)sc(C3CC3)c2C1. The van der Waals surface area contributed by atoms with E-state index in [1.807, 2.05) is 20.8 Å². The van der Waals surface area contributed by atoms with Gasteiger partial charge in [0.2, 0.25) is 0 Å². The molecule has 0 bridgehead atoms. The third-order valence-corrected chi connectivity index (χ3v) is 6.11. The summed E-state index contributed by atoms with van der Waals surface area (Å²) < 4.78 is 5.47. The molecular formula is C18H25NO4S. The molecule has 0 spiro atoms. The Balaban J connectivity index is 1.81. The highest BCUT2D eigenvalue weighted by Gasteiger charge is 2.37. The van der Waals surface area contributed by atoms with Gasteiger partial charge >= 0.3 is 12.1 Å². The molecule has 1 aromatic rings. The number of amides is 1. The second-order valence-electron chi connectivity index (χ2n) is 7.82. The van der Waals surface area contributed by atoms with Gasteiger partial charge in [-0.15, -0.1) is 11.3 Å². The molecule has 0 aliphatic heterocycles. The van der Waals surface area contributed by atoms with Crippen LogP contribution in [0.3, 0.4) is 0 Å². The van der Waals surface area contributed by atoms with Crippen molar-refractivity contribution in [3.8, 4) is 0 Å². The zero-order chi connectivity index (χ0) is 17.6. The number of hydrogen-bond donors (Lipinski definition) is 1. The van der Waals surface area contributed by atoms with Gasteiger partial charge in [-0.1, -0.05) is 0 Å². The Bertz CT molecular complexity index is 669. The zero-order valence-corrected chi connectivity index (χ0v) is 15.5. The standard InChI is InChI=1S/C18H25NO4S/c1-18(2,3)23-17(22)19(4)11-7-8-12-13(9-11)14(10-5-6-10)24-15(12)16(20)21/h10-11H,5-9H2,1-4H3,(H,20,21). The Labute approximate surface area is 146 Å². The number of carboxylic acids is 1. The van der Waals surface area contributed by atoms with Gasteiger partial charge < -0.3 is 14.7 Å². The molecule has 2 aliphatic rings. The average molecular weight is 351 g/mol. The predicted molar refractivity (Wildman–Crippen MR) is 93.1 cm³/mol. The fourth-order valence-corrected chi connectivity index (χ4v) is 4.71. The van der Waals surface area contributed by atoms with Gasteiger partial charge in [0.05, 0.1) is 0 Å². The molecule has 1 unspecified atom stereocenters. The van der Waals surface area contributed by atoms with Crippen molar-refractivity contribution in [2.45, 2.75) is 70.4 Å². The number of ether oxygens (including phenoxy) is 1. The third kappa shape index (κ3) is 3.43.